The lowest BCUT2D eigenvalue weighted by molar-refractivity contribution is -0.135. The highest BCUT2D eigenvalue weighted by molar-refractivity contribution is 6.10. The molecule has 138 valence electrons. The average molecular weight is 359 g/mol. The fourth-order valence-corrected chi connectivity index (χ4v) is 4.36. The Hall–Kier alpha value is -2.44. The number of benzene rings is 1. The molecule has 2 heterocycles. The van der Waals surface area contributed by atoms with E-state index in [1.807, 2.05) is 0 Å². The number of carbonyl (C=O) groups is 3. The average Bonchev–Trinajstić information content (AvgIpc) is 2.85. The van der Waals surface area contributed by atoms with E-state index in [9.17, 15) is 18.8 Å². The Morgan fingerprint density at radius 1 is 1.15 bits per heavy atom. The number of hydrogen-bond acceptors (Lipinski definition) is 3. The van der Waals surface area contributed by atoms with Crippen LogP contribution >= 0.6 is 0 Å². The monoisotopic (exact) mass is 359 g/mol. The second-order valence-electron chi connectivity index (χ2n) is 7.39. The lowest BCUT2D eigenvalue weighted by Crippen LogP contribution is -2.49. The molecule has 4 rings (SSSR count). The van der Waals surface area contributed by atoms with E-state index in [0.29, 0.717) is 31.5 Å². The SMILES string of the molecule is O=C1NC2(CCCCC2)C(=O)N1CC(=O)N1CCCc2cc(F)ccc21. The van der Waals surface area contributed by atoms with Crippen molar-refractivity contribution in [2.24, 2.45) is 0 Å². The van der Waals surface area contributed by atoms with Crippen LogP contribution in [0.3, 0.4) is 0 Å². The van der Waals surface area contributed by atoms with Crippen molar-refractivity contribution in [3.05, 3.63) is 29.6 Å². The quantitative estimate of drug-likeness (QED) is 0.824. The van der Waals surface area contributed by atoms with Crippen LogP contribution < -0.4 is 10.2 Å². The molecule has 2 aliphatic heterocycles. The Labute approximate surface area is 151 Å². The Bertz CT molecular complexity index is 773. The number of urea groups is 1. The first-order valence-corrected chi connectivity index (χ1v) is 9.23. The number of nitrogens with one attached hydrogen (secondary N) is 1. The zero-order valence-electron chi connectivity index (χ0n) is 14.6. The van der Waals surface area contributed by atoms with Gasteiger partial charge in [0.1, 0.15) is 17.9 Å². The van der Waals surface area contributed by atoms with Crippen LogP contribution in [0.5, 0.6) is 0 Å². The van der Waals surface area contributed by atoms with Gasteiger partial charge in [-0.25, -0.2) is 9.18 Å². The van der Waals surface area contributed by atoms with Crippen molar-refractivity contribution in [3.8, 4) is 0 Å². The first-order chi connectivity index (χ1) is 12.5. The van der Waals surface area contributed by atoms with Crippen molar-refractivity contribution >= 4 is 23.5 Å². The van der Waals surface area contributed by atoms with Gasteiger partial charge >= 0.3 is 6.03 Å². The van der Waals surface area contributed by atoms with E-state index < -0.39 is 11.6 Å². The Balaban J connectivity index is 1.52. The molecule has 1 N–H and O–H groups in total. The minimum absolute atomic E-state index is 0.275. The number of rotatable bonds is 2. The first kappa shape index (κ1) is 17.0. The van der Waals surface area contributed by atoms with Gasteiger partial charge in [0.2, 0.25) is 5.91 Å². The van der Waals surface area contributed by atoms with E-state index in [1.165, 1.54) is 12.1 Å². The van der Waals surface area contributed by atoms with Crippen molar-refractivity contribution < 1.29 is 18.8 Å². The number of anilines is 1. The molecule has 1 saturated carbocycles. The zero-order chi connectivity index (χ0) is 18.3. The molecule has 1 aromatic rings. The third-order valence-corrected chi connectivity index (χ3v) is 5.71. The van der Waals surface area contributed by atoms with Crippen LogP contribution in [0.25, 0.3) is 0 Å². The predicted molar refractivity (Wildman–Crippen MR) is 93.1 cm³/mol. The molecule has 1 aliphatic carbocycles. The molecule has 6 nitrogen and oxygen atoms in total. The van der Waals surface area contributed by atoms with Gasteiger partial charge < -0.3 is 10.2 Å². The first-order valence-electron chi connectivity index (χ1n) is 9.23. The van der Waals surface area contributed by atoms with Crippen LogP contribution in [-0.4, -0.2) is 41.4 Å². The summed E-state index contributed by atoms with van der Waals surface area (Å²) in [5.41, 5.74) is 0.631. The molecule has 1 aromatic carbocycles. The molecule has 0 unspecified atom stereocenters. The Morgan fingerprint density at radius 3 is 2.69 bits per heavy atom. The van der Waals surface area contributed by atoms with Crippen LogP contribution in [0.2, 0.25) is 0 Å². The summed E-state index contributed by atoms with van der Waals surface area (Å²) in [5.74, 6) is -0.924. The molecule has 1 spiro atoms. The molecule has 3 aliphatic rings. The fourth-order valence-electron chi connectivity index (χ4n) is 4.36. The molecule has 26 heavy (non-hydrogen) atoms. The number of aryl methyl sites for hydroxylation is 1. The van der Waals surface area contributed by atoms with Gasteiger partial charge in [0.25, 0.3) is 5.91 Å². The van der Waals surface area contributed by atoms with E-state index in [0.717, 1.165) is 36.1 Å². The molecule has 0 aromatic heterocycles. The van der Waals surface area contributed by atoms with Gasteiger partial charge in [-0.3, -0.25) is 14.5 Å². The van der Waals surface area contributed by atoms with Gasteiger partial charge in [0.05, 0.1) is 0 Å². The molecule has 2 fully saturated rings. The van der Waals surface area contributed by atoms with Crippen molar-refractivity contribution in [1.82, 2.24) is 10.2 Å². The highest BCUT2D eigenvalue weighted by Gasteiger charge is 2.51. The minimum Gasteiger partial charge on any atom is -0.323 e. The number of amides is 4. The highest BCUT2D eigenvalue weighted by atomic mass is 19.1. The summed E-state index contributed by atoms with van der Waals surface area (Å²) in [5, 5.41) is 2.82. The van der Waals surface area contributed by atoms with Gasteiger partial charge in [0.15, 0.2) is 0 Å². The topological polar surface area (TPSA) is 69.7 Å². The highest BCUT2D eigenvalue weighted by Crippen LogP contribution is 2.34. The standard InChI is InChI=1S/C19H22FN3O3/c20-14-6-7-15-13(11-14)5-4-10-22(15)16(24)12-23-17(25)19(21-18(23)26)8-2-1-3-9-19/h6-7,11H,1-5,8-10,12H2,(H,21,26). The summed E-state index contributed by atoms with van der Waals surface area (Å²) >= 11 is 0. The van der Waals surface area contributed by atoms with Gasteiger partial charge in [-0.2, -0.15) is 0 Å². The summed E-state index contributed by atoms with van der Waals surface area (Å²) in [6.07, 6.45) is 5.57. The van der Waals surface area contributed by atoms with Crippen LogP contribution in [-0.2, 0) is 16.0 Å². The second kappa shape index (κ2) is 6.37. The lowest BCUT2D eigenvalue weighted by Gasteiger charge is -2.32. The lowest BCUT2D eigenvalue weighted by atomic mass is 9.82. The third-order valence-electron chi connectivity index (χ3n) is 5.71. The molecular formula is C19H22FN3O3. The number of fused-ring (bicyclic) bond motifs is 1. The summed E-state index contributed by atoms with van der Waals surface area (Å²) in [6.45, 7) is 0.232. The van der Waals surface area contributed by atoms with Crippen LogP contribution in [0.4, 0.5) is 14.9 Å². The molecule has 0 radical (unpaired) electrons. The maximum absolute atomic E-state index is 13.4. The van der Waals surface area contributed by atoms with Gasteiger partial charge in [-0.05, 0) is 49.4 Å². The summed E-state index contributed by atoms with van der Waals surface area (Å²) in [4.78, 5) is 40.6. The van der Waals surface area contributed by atoms with Crippen molar-refractivity contribution in [3.63, 3.8) is 0 Å². The zero-order valence-corrected chi connectivity index (χ0v) is 14.6. The molecule has 0 bridgehead atoms. The molecule has 4 amide bonds. The van der Waals surface area contributed by atoms with Crippen molar-refractivity contribution in [2.45, 2.75) is 50.5 Å². The minimum atomic E-state index is -0.821. The molecule has 0 atom stereocenters. The smallest absolute Gasteiger partial charge is 0.323 e. The predicted octanol–water partition coefficient (Wildman–Crippen LogP) is 2.36. The summed E-state index contributed by atoms with van der Waals surface area (Å²) in [6, 6.07) is 3.88. The van der Waals surface area contributed by atoms with Crippen molar-refractivity contribution in [1.29, 1.82) is 0 Å². The summed E-state index contributed by atoms with van der Waals surface area (Å²) < 4.78 is 13.4. The second-order valence-corrected chi connectivity index (χ2v) is 7.39. The third kappa shape index (κ3) is 2.75. The maximum atomic E-state index is 13.4. The molecule has 1 saturated heterocycles. The van der Waals surface area contributed by atoms with Gasteiger partial charge in [0, 0.05) is 12.2 Å². The van der Waals surface area contributed by atoms with E-state index in [1.54, 1.807) is 11.0 Å². The molecular weight excluding hydrogens is 337 g/mol. The van der Waals surface area contributed by atoms with E-state index >= 15 is 0 Å². The number of hydrogen-bond donors (Lipinski definition) is 1. The Kier molecular flexibility index (Phi) is 4.17. The molecule has 7 heteroatoms. The maximum Gasteiger partial charge on any atom is 0.325 e. The normalized spacial score (nSPS) is 21.7. The largest absolute Gasteiger partial charge is 0.325 e. The van der Waals surface area contributed by atoms with E-state index in [-0.39, 0.29) is 24.2 Å². The summed E-state index contributed by atoms with van der Waals surface area (Å²) in [7, 11) is 0. The van der Waals surface area contributed by atoms with Crippen LogP contribution in [0.1, 0.15) is 44.1 Å². The fraction of sp³-hybridized carbons (Fsp3) is 0.526. The van der Waals surface area contributed by atoms with E-state index in [2.05, 4.69) is 5.32 Å². The van der Waals surface area contributed by atoms with Crippen LogP contribution in [0.15, 0.2) is 18.2 Å². The van der Waals surface area contributed by atoms with Crippen LogP contribution in [0, 0.1) is 5.82 Å². The number of nitrogens with zero attached hydrogens (tertiary/aromatic N) is 2. The Morgan fingerprint density at radius 2 is 1.92 bits per heavy atom. The van der Waals surface area contributed by atoms with Gasteiger partial charge in [-0.15, -0.1) is 0 Å². The number of carbonyl (C=O) groups excluding carboxylic acids is 3. The van der Waals surface area contributed by atoms with Gasteiger partial charge in [-0.1, -0.05) is 19.3 Å². The van der Waals surface area contributed by atoms with Crippen molar-refractivity contribution in [2.75, 3.05) is 18.0 Å². The number of halogens is 1. The van der Waals surface area contributed by atoms with E-state index in [4.69, 9.17) is 0 Å². The number of imide groups is 1.